The van der Waals surface area contributed by atoms with Crippen LogP contribution in [0.1, 0.15) is 17.5 Å². The molecule has 0 spiro atoms. The summed E-state index contributed by atoms with van der Waals surface area (Å²) in [7, 11) is 0. The zero-order valence-electron chi connectivity index (χ0n) is 11.0. The molecule has 2 aromatic rings. The summed E-state index contributed by atoms with van der Waals surface area (Å²) in [6.45, 7) is 1.15. The van der Waals surface area contributed by atoms with Gasteiger partial charge in [0.15, 0.2) is 11.6 Å². The van der Waals surface area contributed by atoms with Gasteiger partial charge in [0.25, 0.3) is 0 Å². The summed E-state index contributed by atoms with van der Waals surface area (Å²) in [5, 5.41) is 3.33. The molecule has 0 amide bonds. The first-order valence-corrected chi connectivity index (χ1v) is 6.66. The van der Waals surface area contributed by atoms with E-state index in [9.17, 15) is 8.78 Å². The molecular weight excluding hydrogens is 260 g/mol. The predicted molar refractivity (Wildman–Crippen MR) is 73.9 cm³/mol. The summed E-state index contributed by atoms with van der Waals surface area (Å²) < 4.78 is 31.7. The molecule has 0 unspecified atom stereocenters. The number of hydrogen-bond acceptors (Lipinski definition) is 2. The van der Waals surface area contributed by atoms with Crippen LogP contribution in [0.5, 0.6) is 5.75 Å². The Morgan fingerprint density at radius 3 is 2.85 bits per heavy atom. The van der Waals surface area contributed by atoms with Crippen molar-refractivity contribution in [1.29, 1.82) is 0 Å². The Morgan fingerprint density at radius 1 is 1.10 bits per heavy atom. The molecule has 0 radical (unpaired) electrons. The van der Waals surface area contributed by atoms with Crippen LogP contribution in [0.3, 0.4) is 0 Å². The highest BCUT2D eigenvalue weighted by molar-refractivity contribution is 5.63. The van der Waals surface area contributed by atoms with Gasteiger partial charge in [0.1, 0.15) is 12.4 Å². The summed E-state index contributed by atoms with van der Waals surface area (Å²) in [4.78, 5) is 0. The van der Waals surface area contributed by atoms with Crippen LogP contribution in [-0.2, 0) is 13.0 Å². The van der Waals surface area contributed by atoms with Crippen LogP contribution < -0.4 is 10.1 Å². The van der Waals surface area contributed by atoms with Gasteiger partial charge in [-0.25, -0.2) is 8.78 Å². The van der Waals surface area contributed by atoms with Gasteiger partial charge in [-0.2, -0.15) is 0 Å². The normalized spacial score (nSPS) is 13.5. The zero-order chi connectivity index (χ0) is 13.9. The summed E-state index contributed by atoms with van der Waals surface area (Å²) >= 11 is 0. The molecule has 1 aliphatic heterocycles. The van der Waals surface area contributed by atoms with Crippen molar-refractivity contribution in [1.82, 2.24) is 0 Å². The fourth-order valence-electron chi connectivity index (χ4n) is 2.39. The SMILES string of the molecule is Fc1ccc(COc2cccc3c2NCCC3)cc1F. The number of aryl methyl sites for hydroxylation is 1. The third-order valence-electron chi connectivity index (χ3n) is 3.42. The average Bonchev–Trinajstić information content (AvgIpc) is 2.48. The number of halogens is 2. The smallest absolute Gasteiger partial charge is 0.159 e. The van der Waals surface area contributed by atoms with Crippen molar-refractivity contribution < 1.29 is 13.5 Å². The standard InChI is InChI=1S/C16H15F2NO/c17-13-7-6-11(9-14(13)18)10-20-15-5-1-3-12-4-2-8-19-16(12)15/h1,3,5-7,9,19H,2,4,8,10H2. The second-order valence-electron chi connectivity index (χ2n) is 4.86. The molecule has 1 N–H and O–H groups in total. The molecular formula is C16H15F2NO. The van der Waals surface area contributed by atoms with Crippen LogP contribution in [0.2, 0.25) is 0 Å². The van der Waals surface area contributed by atoms with Crippen LogP contribution in [0.15, 0.2) is 36.4 Å². The molecule has 20 heavy (non-hydrogen) atoms. The summed E-state index contributed by atoms with van der Waals surface area (Å²) in [5.74, 6) is -0.932. The van der Waals surface area contributed by atoms with E-state index < -0.39 is 11.6 Å². The Morgan fingerprint density at radius 2 is 2.00 bits per heavy atom. The maximum atomic E-state index is 13.1. The molecule has 0 saturated heterocycles. The summed E-state index contributed by atoms with van der Waals surface area (Å²) in [6, 6.07) is 9.72. The molecule has 0 bridgehead atoms. The number of hydrogen-bond donors (Lipinski definition) is 1. The van der Waals surface area contributed by atoms with Crippen LogP contribution in [-0.4, -0.2) is 6.54 Å². The number of para-hydroxylation sites is 1. The molecule has 0 saturated carbocycles. The molecule has 0 aromatic heterocycles. The van der Waals surface area contributed by atoms with Crippen molar-refractivity contribution in [3.63, 3.8) is 0 Å². The van der Waals surface area contributed by atoms with Crippen LogP contribution >= 0.6 is 0 Å². The first kappa shape index (κ1) is 12.9. The largest absolute Gasteiger partial charge is 0.487 e. The summed E-state index contributed by atoms with van der Waals surface area (Å²) in [6.07, 6.45) is 2.14. The van der Waals surface area contributed by atoms with Gasteiger partial charge in [0.05, 0.1) is 5.69 Å². The van der Waals surface area contributed by atoms with E-state index in [-0.39, 0.29) is 6.61 Å². The van der Waals surface area contributed by atoms with Gasteiger partial charge in [-0.1, -0.05) is 18.2 Å². The van der Waals surface area contributed by atoms with Crippen molar-refractivity contribution in [3.8, 4) is 5.75 Å². The number of anilines is 1. The molecule has 0 fully saturated rings. The lowest BCUT2D eigenvalue weighted by Gasteiger charge is -2.21. The minimum Gasteiger partial charge on any atom is -0.487 e. The number of fused-ring (bicyclic) bond motifs is 1. The Balaban J connectivity index is 1.76. The van der Waals surface area contributed by atoms with Crippen molar-refractivity contribution in [2.75, 3.05) is 11.9 Å². The van der Waals surface area contributed by atoms with Crippen molar-refractivity contribution >= 4 is 5.69 Å². The van der Waals surface area contributed by atoms with Crippen LogP contribution in [0.25, 0.3) is 0 Å². The second kappa shape index (κ2) is 5.49. The first-order valence-electron chi connectivity index (χ1n) is 6.66. The van der Waals surface area contributed by atoms with E-state index in [4.69, 9.17) is 4.74 Å². The summed E-state index contributed by atoms with van der Waals surface area (Å²) in [5.41, 5.74) is 2.86. The van der Waals surface area contributed by atoms with Gasteiger partial charge < -0.3 is 10.1 Å². The molecule has 4 heteroatoms. The highest BCUT2D eigenvalue weighted by Gasteiger charge is 2.13. The third-order valence-corrected chi connectivity index (χ3v) is 3.42. The fraction of sp³-hybridized carbons (Fsp3) is 0.250. The minimum atomic E-state index is -0.848. The van der Waals surface area contributed by atoms with Gasteiger partial charge in [-0.3, -0.25) is 0 Å². The van der Waals surface area contributed by atoms with E-state index in [1.165, 1.54) is 11.6 Å². The van der Waals surface area contributed by atoms with Crippen LogP contribution in [0, 0.1) is 11.6 Å². The molecule has 3 rings (SSSR count). The minimum absolute atomic E-state index is 0.218. The van der Waals surface area contributed by atoms with Gasteiger partial charge in [-0.15, -0.1) is 0 Å². The topological polar surface area (TPSA) is 21.3 Å². The first-order chi connectivity index (χ1) is 9.74. The predicted octanol–water partition coefficient (Wildman–Crippen LogP) is 3.90. The highest BCUT2D eigenvalue weighted by atomic mass is 19.2. The number of nitrogens with one attached hydrogen (secondary N) is 1. The van der Waals surface area contributed by atoms with Crippen molar-refractivity contribution in [2.24, 2.45) is 0 Å². The van der Waals surface area contributed by atoms with Crippen molar-refractivity contribution in [3.05, 3.63) is 59.2 Å². The number of ether oxygens (including phenoxy) is 1. The Labute approximate surface area is 116 Å². The molecule has 2 nitrogen and oxygen atoms in total. The van der Waals surface area contributed by atoms with Gasteiger partial charge in [0, 0.05) is 6.54 Å². The van der Waals surface area contributed by atoms with Crippen LogP contribution in [0.4, 0.5) is 14.5 Å². The molecule has 0 aliphatic carbocycles. The average molecular weight is 275 g/mol. The van der Waals surface area contributed by atoms with Gasteiger partial charge in [0.2, 0.25) is 0 Å². The van der Waals surface area contributed by atoms with Gasteiger partial charge >= 0.3 is 0 Å². The monoisotopic (exact) mass is 275 g/mol. The molecule has 0 atom stereocenters. The molecule has 1 heterocycles. The number of rotatable bonds is 3. The van der Waals surface area contributed by atoms with E-state index in [1.807, 2.05) is 12.1 Å². The van der Waals surface area contributed by atoms with E-state index in [0.717, 1.165) is 43.0 Å². The third kappa shape index (κ3) is 2.59. The zero-order valence-corrected chi connectivity index (χ0v) is 11.0. The number of benzene rings is 2. The lowest BCUT2D eigenvalue weighted by atomic mass is 10.0. The van der Waals surface area contributed by atoms with Gasteiger partial charge in [-0.05, 0) is 42.2 Å². The Kier molecular flexibility index (Phi) is 3.54. The maximum absolute atomic E-state index is 13.1. The van der Waals surface area contributed by atoms with E-state index in [0.29, 0.717) is 5.56 Å². The van der Waals surface area contributed by atoms with Crippen molar-refractivity contribution in [2.45, 2.75) is 19.4 Å². The lowest BCUT2D eigenvalue weighted by Crippen LogP contribution is -2.13. The molecule has 1 aliphatic rings. The quantitative estimate of drug-likeness (QED) is 0.917. The van der Waals surface area contributed by atoms with E-state index in [2.05, 4.69) is 11.4 Å². The molecule has 104 valence electrons. The highest BCUT2D eigenvalue weighted by Crippen LogP contribution is 2.32. The second-order valence-corrected chi connectivity index (χ2v) is 4.86. The lowest BCUT2D eigenvalue weighted by molar-refractivity contribution is 0.306. The Bertz CT molecular complexity index is 628. The van der Waals surface area contributed by atoms with E-state index >= 15 is 0 Å². The van der Waals surface area contributed by atoms with E-state index in [1.54, 1.807) is 0 Å². The Hall–Kier alpha value is -2.10. The molecule has 2 aromatic carbocycles. The fourth-order valence-corrected chi connectivity index (χ4v) is 2.39. The maximum Gasteiger partial charge on any atom is 0.159 e.